The molecule has 1 aliphatic heterocycles. The standard InChI is InChI=1S/C22H25F3N6O4S2/c1-12-16(10-31(29-12)13-8-30(9-13)20(32)35-21(2,3)4)27-19-26-7-15(22(23,24)25)18(28-19)17-6-14(11-36-17)37(5,33)34/h6-7,10-11,13H,8-9H2,1-5H3,(H,26,27,28). The van der Waals surface area contributed by atoms with Gasteiger partial charge in [-0.05, 0) is 33.8 Å². The van der Waals surface area contributed by atoms with E-state index in [9.17, 15) is 26.4 Å². The third kappa shape index (κ3) is 6.04. The van der Waals surface area contributed by atoms with Crippen LogP contribution in [0.5, 0.6) is 0 Å². The number of anilines is 2. The van der Waals surface area contributed by atoms with E-state index in [0.29, 0.717) is 30.7 Å². The maximum Gasteiger partial charge on any atom is 0.420 e. The van der Waals surface area contributed by atoms with Crippen molar-refractivity contribution < 1.29 is 31.1 Å². The molecule has 4 heterocycles. The molecule has 0 radical (unpaired) electrons. The van der Waals surface area contributed by atoms with E-state index < -0.39 is 39.0 Å². The van der Waals surface area contributed by atoms with Gasteiger partial charge in [0.1, 0.15) is 11.2 Å². The number of nitrogens with one attached hydrogen (secondary N) is 1. The number of hydrogen-bond acceptors (Lipinski definition) is 9. The van der Waals surface area contributed by atoms with Crippen molar-refractivity contribution in [3.63, 3.8) is 0 Å². The molecule has 3 aromatic rings. The van der Waals surface area contributed by atoms with Gasteiger partial charge in [-0.15, -0.1) is 11.3 Å². The predicted octanol–water partition coefficient (Wildman–Crippen LogP) is 4.67. The van der Waals surface area contributed by atoms with Gasteiger partial charge in [0, 0.05) is 37.1 Å². The molecule has 0 atom stereocenters. The van der Waals surface area contributed by atoms with Crippen molar-refractivity contribution in [3.8, 4) is 10.6 Å². The molecule has 1 fully saturated rings. The number of aromatic nitrogens is 4. The average Bonchev–Trinajstić information content (AvgIpc) is 3.32. The molecule has 0 unspecified atom stereocenters. The quantitative estimate of drug-likeness (QED) is 0.480. The Morgan fingerprint density at radius 3 is 2.49 bits per heavy atom. The number of halogens is 3. The van der Waals surface area contributed by atoms with Gasteiger partial charge < -0.3 is 15.0 Å². The summed E-state index contributed by atoms with van der Waals surface area (Å²) in [6.45, 7) is 7.87. The fourth-order valence-electron chi connectivity index (χ4n) is 3.48. The van der Waals surface area contributed by atoms with E-state index in [2.05, 4.69) is 20.4 Å². The minimum Gasteiger partial charge on any atom is -0.444 e. The molecule has 200 valence electrons. The van der Waals surface area contributed by atoms with Gasteiger partial charge in [0.25, 0.3) is 0 Å². The summed E-state index contributed by atoms with van der Waals surface area (Å²) in [5.74, 6) is -0.107. The van der Waals surface area contributed by atoms with Gasteiger partial charge >= 0.3 is 12.3 Å². The highest BCUT2D eigenvalue weighted by Crippen LogP contribution is 2.39. The van der Waals surface area contributed by atoms with Crippen molar-refractivity contribution in [2.45, 2.75) is 50.4 Å². The number of carbonyl (C=O) groups excluding carboxylic acids is 1. The summed E-state index contributed by atoms with van der Waals surface area (Å²) in [4.78, 5) is 21.6. The molecule has 0 bridgehead atoms. The largest absolute Gasteiger partial charge is 0.444 e. The van der Waals surface area contributed by atoms with Gasteiger partial charge in [-0.25, -0.2) is 23.2 Å². The second kappa shape index (κ2) is 9.28. The number of amides is 1. The van der Waals surface area contributed by atoms with Crippen LogP contribution in [0.25, 0.3) is 10.6 Å². The first-order valence-electron chi connectivity index (χ1n) is 11.0. The molecule has 4 rings (SSSR count). The van der Waals surface area contributed by atoms with Crippen LogP contribution in [0.4, 0.5) is 29.6 Å². The summed E-state index contributed by atoms with van der Waals surface area (Å²) < 4.78 is 71.6. The number of thiophene rings is 1. The lowest BCUT2D eigenvalue weighted by Gasteiger charge is -2.39. The first-order valence-corrected chi connectivity index (χ1v) is 13.8. The topological polar surface area (TPSA) is 119 Å². The van der Waals surface area contributed by atoms with Gasteiger partial charge in [0.2, 0.25) is 5.95 Å². The maximum atomic E-state index is 13.7. The SMILES string of the molecule is Cc1nn(C2CN(C(=O)OC(C)(C)C)C2)cc1Nc1ncc(C(F)(F)F)c(-c2cc(S(C)(=O)=O)cs2)n1. The number of aryl methyl sites for hydroxylation is 1. The number of rotatable bonds is 5. The third-order valence-electron chi connectivity index (χ3n) is 5.38. The highest BCUT2D eigenvalue weighted by Gasteiger charge is 2.37. The second-order valence-corrected chi connectivity index (χ2v) is 12.6. The molecule has 15 heteroatoms. The Morgan fingerprint density at radius 1 is 1.24 bits per heavy atom. The lowest BCUT2D eigenvalue weighted by atomic mass is 10.1. The van der Waals surface area contributed by atoms with Crippen LogP contribution in [-0.2, 0) is 20.8 Å². The molecule has 10 nitrogen and oxygen atoms in total. The van der Waals surface area contributed by atoms with Crippen molar-refractivity contribution >= 4 is 38.9 Å². The monoisotopic (exact) mass is 558 g/mol. The molecule has 1 aliphatic rings. The normalized spacial score (nSPS) is 15.0. The molecular weight excluding hydrogens is 533 g/mol. The molecule has 0 saturated carbocycles. The molecular formula is C22H25F3N6O4S2. The summed E-state index contributed by atoms with van der Waals surface area (Å²) >= 11 is 0.846. The maximum absolute atomic E-state index is 13.7. The molecule has 1 saturated heterocycles. The summed E-state index contributed by atoms with van der Waals surface area (Å²) in [7, 11) is -3.60. The van der Waals surface area contributed by atoms with E-state index >= 15 is 0 Å². The van der Waals surface area contributed by atoms with E-state index in [1.165, 1.54) is 5.38 Å². The van der Waals surface area contributed by atoms with Crippen LogP contribution in [0, 0.1) is 6.92 Å². The first kappa shape index (κ1) is 26.9. The fourth-order valence-corrected chi connectivity index (χ4v) is 5.51. The molecule has 1 amide bonds. The van der Waals surface area contributed by atoms with Crippen LogP contribution < -0.4 is 5.32 Å². The van der Waals surface area contributed by atoms with Crippen LogP contribution in [0.15, 0.2) is 28.7 Å². The van der Waals surface area contributed by atoms with Crippen LogP contribution in [0.3, 0.4) is 0 Å². The number of carbonyl (C=O) groups is 1. The Labute approximate surface area is 215 Å². The van der Waals surface area contributed by atoms with Crippen LogP contribution in [0.2, 0.25) is 0 Å². The summed E-state index contributed by atoms with van der Waals surface area (Å²) in [6.07, 6.45) is -1.85. The van der Waals surface area contributed by atoms with Crippen molar-refractivity contribution in [1.29, 1.82) is 0 Å². The van der Waals surface area contributed by atoms with Gasteiger partial charge in [-0.3, -0.25) is 4.68 Å². The number of likely N-dealkylation sites (tertiary alicyclic amines) is 1. The lowest BCUT2D eigenvalue weighted by Crippen LogP contribution is -2.52. The van der Waals surface area contributed by atoms with E-state index in [4.69, 9.17) is 4.74 Å². The van der Waals surface area contributed by atoms with Crippen LogP contribution in [-0.4, -0.2) is 64.1 Å². The molecule has 0 aromatic carbocycles. The second-order valence-electron chi connectivity index (χ2n) is 9.64. The van der Waals surface area contributed by atoms with Gasteiger partial charge in [0.05, 0.1) is 32.9 Å². The van der Waals surface area contributed by atoms with E-state index in [1.807, 2.05) is 0 Å². The Kier molecular flexibility index (Phi) is 6.73. The zero-order chi connectivity index (χ0) is 27.3. The summed E-state index contributed by atoms with van der Waals surface area (Å²) in [6, 6.07) is 1.07. The Bertz CT molecular complexity index is 1440. The molecule has 1 N–H and O–H groups in total. The summed E-state index contributed by atoms with van der Waals surface area (Å²) in [5, 5.41) is 8.61. The first-order chi connectivity index (χ1) is 17.0. The number of sulfone groups is 1. The highest BCUT2D eigenvalue weighted by atomic mass is 32.2. The zero-order valence-electron chi connectivity index (χ0n) is 20.6. The van der Waals surface area contributed by atoms with Crippen molar-refractivity contribution in [2.75, 3.05) is 24.7 Å². The summed E-state index contributed by atoms with van der Waals surface area (Å²) in [5.41, 5.74) is -1.08. The Balaban J connectivity index is 1.55. The van der Waals surface area contributed by atoms with Crippen molar-refractivity contribution in [3.05, 3.63) is 35.1 Å². The van der Waals surface area contributed by atoms with Crippen LogP contribution >= 0.6 is 11.3 Å². The molecule has 3 aromatic heterocycles. The lowest BCUT2D eigenvalue weighted by molar-refractivity contribution is -0.137. The Hall–Kier alpha value is -3.20. The van der Waals surface area contributed by atoms with Gasteiger partial charge in [0.15, 0.2) is 9.84 Å². The molecule has 37 heavy (non-hydrogen) atoms. The van der Waals surface area contributed by atoms with Gasteiger partial charge in [-0.2, -0.15) is 18.3 Å². The minimum atomic E-state index is -4.74. The third-order valence-corrected chi connectivity index (χ3v) is 7.56. The van der Waals surface area contributed by atoms with E-state index in [-0.39, 0.29) is 21.8 Å². The van der Waals surface area contributed by atoms with Crippen molar-refractivity contribution in [1.82, 2.24) is 24.6 Å². The number of nitrogens with zero attached hydrogens (tertiary/aromatic N) is 5. The van der Waals surface area contributed by atoms with Crippen molar-refractivity contribution in [2.24, 2.45) is 0 Å². The van der Waals surface area contributed by atoms with E-state index in [1.54, 1.807) is 43.5 Å². The molecule has 0 spiro atoms. The zero-order valence-corrected chi connectivity index (χ0v) is 22.3. The Morgan fingerprint density at radius 2 is 1.92 bits per heavy atom. The molecule has 0 aliphatic carbocycles. The minimum absolute atomic E-state index is 0.0438. The predicted molar refractivity (Wildman–Crippen MR) is 131 cm³/mol. The number of hydrogen-bond donors (Lipinski definition) is 1. The highest BCUT2D eigenvalue weighted by molar-refractivity contribution is 7.90. The van der Waals surface area contributed by atoms with Gasteiger partial charge in [-0.1, -0.05) is 0 Å². The average molecular weight is 559 g/mol. The fraction of sp³-hybridized carbons (Fsp3) is 0.455. The smallest absolute Gasteiger partial charge is 0.420 e. The van der Waals surface area contributed by atoms with E-state index in [0.717, 1.165) is 23.7 Å². The van der Waals surface area contributed by atoms with Crippen LogP contribution in [0.1, 0.15) is 38.1 Å². The number of ether oxygens (including phenoxy) is 1. The number of alkyl halides is 3.